The van der Waals surface area contributed by atoms with E-state index in [9.17, 15) is 18.0 Å². The lowest BCUT2D eigenvalue weighted by atomic mass is 9.97. The molecule has 1 aliphatic rings. The summed E-state index contributed by atoms with van der Waals surface area (Å²) < 4.78 is 30.1. The van der Waals surface area contributed by atoms with Crippen LogP contribution in [0.1, 0.15) is 43.0 Å². The van der Waals surface area contributed by atoms with Crippen molar-refractivity contribution in [2.24, 2.45) is 0 Å². The van der Waals surface area contributed by atoms with Gasteiger partial charge in [-0.25, -0.2) is 13.2 Å². The highest BCUT2D eigenvalue weighted by molar-refractivity contribution is 7.92. The molecule has 1 aliphatic heterocycles. The van der Waals surface area contributed by atoms with Gasteiger partial charge >= 0.3 is 5.97 Å². The summed E-state index contributed by atoms with van der Waals surface area (Å²) in [4.78, 5) is 24.9. The van der Waals surface area contributed by atoms with Crippen molar-refractivity contribution in [1.29, 1.82) is 0 Å². The Morgan fingerprint density at radius 3 is 2.32 bits per heavy atom. The summed E-state index contributed by atoms with van der Waals surface area (Å²) in [6, 6.07) is 8.62. The Morgan fingerprint density at radius 1 is 1.07 bits per heavy atom. The van der Waals surface area contributed by atoms with E-state index in [4.69, 9.17) is 4.74 Å². The number of ether oxygens (including phenoxy) is 1. The fourth-order valence-corrected chi connectivity index (χ4v) is 4.71. The van der Waals surface area contributed by atoms with Gasteiger partial charge in [0.1, 0.15) is 0 Å². The zero-order chi connectivity index (χ0) is 20.6. The number of nitrogens with zero attached hydrogens (tertiary/aromatic N) is 1. The Kier molecular flexibility index (Phi) is 5.30. The molecule has 3 rings (SSSR count). The van der Waals surface area contributed by atoms with Crippen LogP contribution in [0.3, 0.4) is 0 Å². The number of Topliss-reactive ketones (excluding diaryl/α,β-unsaturated/α-hetero) is 1. The molecule has 0 N–H and O–H groups in total. The number of anilines is 1. The molecule has 1 heterocycles. The topological polar surface area (TPSA) is 80.8 Å². The van der Waals surface area contributed by atoms with Gasteiger partial charge in [0.15, 0.2) is 6.61 Å². The molecule has 148 valence electrons. The van der Waals surface area contributed by atoms with E-state index in [0.29, 0.717) is 29.8 Å². The van der Waals surface area contributed by atoms with Crippen LogP contribution in [0.4, 0.5) is 5.69 Å². The van der Waals surface area contributed by atoms with E-state index < -0.39 is 16.0 Å². The van der Waals surface area contributed by atoms with Gasteiger partial charge in [0.05, 0.1) is 17.5 Å². The number of carbonyl (C=O) groups excluding carboxylic acids is 2. The average molecular weight is 401 g/mol. The fraction of sp³-hybridized carbons (Fsp3) is 0.333. The minimum atomic E-state index is -3.34. The smallest absolute Gasteiger partial charge is 0.338 e. The summed E-state index contributed by atoms with van der Waals surface area (Å²) in [5, 5.41) is 0. The molecule has 0 unspecified atom stereocenters. The number of rotatable bonds is 5. The van der Waals surface area contributed by atoms with Gasteiger partial charge in [0.2, 0.25) is 15.8 Å². The summed E-state index contributed by atoms with van der Waals surface area (Å²) >= 11 is 0. The van der Waals surface area contributed by atoms with Crippen molar-refractivity contribution in [3.8, 4) is 0 Å². The summed E-state index contributed by atoms with van der Waals surface area (Å²) in [5.74, 6) is -0.843. The molecule has 28 heavy (non-hydrogen) atoms. The van der Waals surface area contributed by atoms with Crippen molar-refractivity contribution >= 4 is 27.5 Å². The number of carbonyl (C=O) groups is 2. The number of fused-ring (bicyclic) bond motifs is 1. The summed E-state index contributed by atoms with van der Waals surface area (Å²) in [6.45, 7) is 5.71. The molecule has 6 nitrogen and oxygen atoms in total. The van der Waals surface area contributed by atoms with Crippen LogP contribution in [0.25, 0.3) is 0 Å². The standard InChI is InChI=1S/C21H23NO5S/c1-13-9-14(2)20(15(3)10-13)19(23)12-27-21(24)17-5-6-18-16(11-17)7-8-22(18)28(4,25)26/h5-6,9-11H,7-8,12H2,1-4H3. The zero-order valence-corrected chi connectivity index (χ0v) is 17.2. The maximum Gasteiger partial charge on any atom is 0.338 e. The van der Waals surface area contributed by atoms with E-state index in [1.807, 2.05) is 32.9 Å². The first-order valence-corrected chi connectivity index (χ1v) is 10.8. The normalized spacial score (nSPS) is 13.4. The Labute approximate surface area is 165 Å². The number of benzene rings is 2. The van der Waals surface area contributed by atoms with E-state index >= 15 is 0 Å². The van der Waals surface area contributed by atoms with Crippen molar-refractivity contribution < 1.29 is 22.7 Å². The molecule has 0 saturated heterocycles. The average Bonchev–Trinajstić information content (AvgIpc) is 3.02. The van der Waals surface area contributed by atoms with Gasteiger partial charge in [-0.15, -0.1) is 0 Å². The molecule has 0 bridgehead atoms. The maximum absolute atomic E-state index is 12.5. The molecule has 0 atom stereocenters. The predicted octanol–water partition coefficient (Wildman–Crippen LogP) is 2.97. The lowest BCUT2D eigenvalue weighted by Gasteiger charge is -2.16. The Balaban J connectivity index is 1.72. The molecule has 2 aromatic carbocycles. The van der Waals surface area contributed by atoms with Crippen molar-refractivity contribution in [1.82, 2.24) is 0 Å². The Morgan fingerprint density at radius 2 is 1.71 bits per heavy atom. The van der Waals surface area contributed by atoms with Crippen LogP contribution in [-0.4, -0.2) is 39.6 Å². The van der Waals surface area contributed by atoms with Crippen molar-refractivity contribution in [3.05, 3.63) is 63.7 Å². The van der Waals surface area contributed by atoms with Crippen LogP contribution in [0.15, 0.2) is 30.3 Å². The molecular weight excluding hydrogens is 378 g/mol. The first kappa shape index (κ1) is 20.1. The number of hydrogen-bond acceptors (Lipinski definition) is 5. The first-order valence-electron chi connectivity index (χ1n) is 8.96. The van der Waals surface area contributed by atoms with Gasteiger partial charge in [-0.2, -0.15) is 0 Å². The van der Waals surface area contributed by atoms with Gasteiger partial charge in [-0.3, -0.25) is 9.10 Å². The second-order valence-electron chi connectivity index (χ2n) is 7.20. The van der Waals surface area contributed by atoms with Crippen molar-refractivity contribution in [3.63, 3.8) is 0 Å². The number of ketones is 1. The molecule has 0 aromatic heterocycles. The van der Waals surface area contributed by atoms with E-state index in [1.165, 1.54) is 10.4 Å². The summed E-state index contributed by atoms with van der Waals surface area (Å²) in [6.07, 6.45) is 1.69. The van der Waals surface area contributed by atoms with Crippen molar-refractivity contribution in [2.75, 3.05) is 23.7 Å². The van der Waals surface area contributed by atoms with Gasteiger partial charge < -0.3 is 4.74 Å². The molecule has 0 saturated carbocycles. The van der Waals surface area contributed by atoms with Crippen LogP contribution in [0.5, 0.6) is 0 Å². The lowest BCUT2D eigenvalue weighted by Crippen LogP contribution is -2.27. The SMILES string of the molecule is Cc1cc(C)c(C(=O)COC(=O)c2ccc3c(c2)CCN3S(C)(=O)=O)c(C)c1. The fourth-order valence-electron chi connectivity index (χ4n) is 3.75. The highest BCUT2D eigenvalue weighted by atomic mass is 32.2. The molecule has 0 fully saturated rings. The molecule has 0 radical (unpaired) electrons. The molecule has 0 spiro atoms. The van der Waals surface area contributed by atoms with E-state index in [2.05, 4.69) is 0 Å². The van der Waals surface area contributed by atoms with E-state index in [-0.39, 0.29) is 12.4 Å². The quantitative estimate of drug-likeness (QED) is 0.568. The van der Waals surface area contributed by atoms with Crippen LogP contribution in [0, 0.1) is 20.8 Å². The van der Waals surface area contributed by atoms with Gasteiger partial charge in [-0.05, 0) is 62.1 Å². The van der Waals surface area contributed by atoms with Crippen molar-refractivity contribution in [2.45, 2.75) is 27.2 Å². The molecule has 2 aromatic rings. The molecule has 0 amide bonds. The lowest BCUT2D eigenvalue weighted by molar-refractivity contribution is 0.0474. The molecular formula is C21H23NO5S. The molecule has 0 aliphatic carbocycles. The summed E-state index contributed by atoms with van der Waals surface area (Å²) in [5.41, 5.74) is 5.03. The Bertz CT molecular complexity index is 1050. The number of aryl methyl sites for hydroxylation is 3. The number of sulfonamides is 1. The minimum Gasteiger partial charge on any atom is -0.454 e. The number of esters is 1. The minimum absolute atomic E-state index is 0.243. The van der Waals surface area contributed by atoms with Gasteiger partial charge in [0, 0.05) is 12.1 Å². The maximum atomic E-state index is 12.5. The van der Waals surface area contributed by atoms with Crippen LogP contribution < -0.4 is 4.31 Å². The Hall–Kier alpha value is -2.67. The third-order valence-corrected chi connectivity index (χ3v) is 6.04. The second kappa shape index (κ2) is 7.39. The van der Waals surface area contributed by atoms with E-state index in [1.54, 1.807) is 12.1 Å². The highest BCUT2D eigenvalue weighted by Crippen LogP contribution is 2.30. The second-order valence-corrected chi connectivity index (χ2v) is 9.11. The third-order valence-electron chi connectivity index (χ3n) is 4.86. The van der Waals surface area contributed by atoms with Gasteiger partial charge in [0.25, 0.3) is 0 Å². The first-order chi connectivity index (χ1) is 13.1. The van der Waals surface area contributed by atoms with E-state index in [0.717, 1.165) is 28.5 Å². The largest absolute Gasteiger partial charge is 0.454 e. The monoisotopic (exact) mass is 401 g/mol. The van der Waals surface area contributed by atoms with Crippen LogP contribution >= 0.6 is 0 Å². The molecule has 7 heteroatoms. The predicted molar refractivity (Wildman–Crippen MR) is 108 cm³/mol. The third kappa shape index (κ3) is 3.94. The zero-order valence-electron chi connectivity index (χ0n) is 16.4. The number of hydrogen-bond donors (Lipinski definition) is 0. The highest BCUT2D eigenvalue weighted by Gasteiger charge is 2.27. The van der Waals surface area contributed by atoms with Gasteiger partial charge in [-0.1, -0.05) is 17.7 Å². The van der Waals surface area contributed by atoms with Crippen LogP contribution in [-0.2, 0) is 21.2 Å². The van der Waals surface area contributed by atoms with Crippen LogP contribution in [0.2, 0.25) is 0 Å². The summed E-state index contributed by atoms with van der Waals surface area (Å²) in [7, 11) is -3.34.